The average molecular weight is 258 g/mol. The molecule has 2 aliphatic heterocycles. The number of nitrogens with zero attached hydrogens (tertiary/aromatic N) is 1. The van der Waals surface area contributed by atoms with Crippen molar-refractivity contribution in [1.82, 2.24) is 10.2 Å². The Labute approximate surface area is 117 Å². The maximum atomic E-state index is 3.80. The first-order valence-corrected chi connectivity index (χ1v) is 7.77. The van der Waals surface area contributed by atoms with Crippen LogP contribution < -0.4 is 5.32 Å². The van der Waals surface area contributed by atoms with Crippen LogP contribution in [-0.4, -0.2) is 30.1 Å². The van der Waals surface area contributed by atoms with E-state index in [9.17, 15) is 0 Å². The first-order valence-electron chi connectivity index (χ1n) is 7.77. The minimum Gasteiger partial charge on any atom is -0.308 e. The summed E-state index contributed by atoms with van der Waals surface area (Å²) in [5, 5.41) is 3.80. The lowest BCUT2D eigenvalue weighted by Gasteiger charge is -2.32. The van der Waals surface area contributed by atoms with E-state index in [-0.39, 0.29) is 0 Å². The van der Waals surface area contributed by atoms with Crippen LogP contribution in [0.2, 0.25) is 0 Å². The average Bonchev–Trinajstić information content (AvgIpc) is 2.83. The van der Waals surface area contributed by atoms with Crippen LogP contribution in [0.3, 0.4) is 0 Å². The molecular weight excluding hydrogens is 232 g/mol. The van der Waals surface area contributed by atoms with Crippen LogP contribution in [0.15, 0.2) is 18.2 Å². The van der Waals surface area contributed by atoms with Crippen molar-refractivity contribution in [3.05, 3.63) is 34.9 Å². The lowest BCUT2D eigenvalue weighted by atomic mass is 9.98. The van der Waals surface area contributed by atoms with Gasteiger partial charge in [0.05, 0.1) is 0 Å². The van der Waals surface area contributed by atoms with Gasteiger partial charge in [0.2, 0.25) is 0 Å². The maximum Gasteiger partial charge on any atom is 0.0249 e. The lowest BCUT2D eigenvalue weighted by molar-refractivity contribution is 0.180. The molecule has 2 fully saturated rings. The molecule has 2 heterocycles. The maximum absolute atomic E-state index is 3.80. The number of rotatable bonds is 3. The SMILES string of the molecule is Cc1ccc(CNC2CCN3CCCCC23)cc1C. The molecule has 0 spiro atoms. The van der Waals surface area contributed by atoms with Crippen molar-refractivity contribution in [2.45, 2.75) is 58.2 Å². The van der Waals surface area contributed by atoms with E-state index in [1.165, 1.54) is 55.5 Å². The standard InChI is InChI=1S/C17H26N2/c1-13-6-7-15(11-14(13)2)12-18-16-8-10-19-9-4-3-5-17(16)19/h6-7,11,16-18H,3-5,8-10,12H2,1-2H3. The highest BCUT2D eigenvalue weighted by Gasteiger charge is 2.34. The molecule has 2 aliphatic rings. The lowest BCUT2D eigenvalue weighted by Crippen LogP contribution is -2.44. The molecule has 0 aromatic heterocycles. The fourth-order valence-corrected chi connectivity index (χ4v) is 3.65. The summed E-state index contributed by atoms with van der Waals surface area (Å²) < 4.78 is 0. The van der Waals surface area contributed by atoms with Gasteiger partial charge < -0.3 is 5.32 Å². The Hall–Kier alpha value is -0.860. The predicted molar refractivity (Wildman–Crippen MR) is 80.4 cm³/mol. The number of fused-ring (bicyclic) bond motifs is 1. The van der Waals surface area contributed by atoms with E-state index < -0.39 is 0 Å². The smallest absolute Gasteiger partial charge is 0.0249 e. The molecule has 2 nitrogen and oxygen atoms in total. The van der Waals surface area contributed by atoms with E-state index in [2.05, 4.69) is 42.3 Å². The molecule has 2 heteroatoms. The predicted octanol–water partition coefficient (Wildman–Crippen LogP) is 3.02. The van der Waals surface area contributed by atoms with Gasteiger partial charge >= 0.3 is 0 Å². The molecule has 1 aromatic carbocycles. The zero-order valence-electron chi connectivity index (χ0n) is 12.3. The highest BCUT2D eigenvalue weighted by atomic mass is 15.2. The summed E-state index contributed by atoms with van der Waals surface area (Å²) >= 11 is 0. The summed E-state index contributed by atoms with van der Waals surface area (Å²) in [7, 11) is 0. The Bertz CT molecular complexity index is 441. The van der Waals surface area contributed by atoms with Crippen LogP contribution in [-0.2, 0) is 6.54 Å². The molecular formula is C17H26N2. The Morgan fingerprint density at radius 1 is 1.11 bits per heavy atom. The molecule has 0 saturated carbocycles. The van der Waals surface area contributed by atoms with Crippen LogP contribution >= 0.6 is 0 Å². The topological polar surface area (TPSA) is 15.3 Å². The highest BCUT2D eigenvalue weighted by Crippen LogP contribution is 2.27. The zero-order chi connectivity index (χ0) is 13.2. The van der Waals surface area contributed by atoms with E-state index in [1.807, 2.05) is 0 Å². The summed E-state index contributed by atoms with van der Waals surface area (Å²) in [6, 6.07) is 8.36. The minimum atomic E-state index is 0.710. The fraction of sp³-hybridized carbons (Fsp3) is 0.647. The van der Waals surface area contributed by atoms with E-state index in [1.54, 1.807) is 0 Å². The van der Waals surface area contributed by atoms with E-state index in [0.29, 0.717) is 6.04 Å². The molecule has 19 heavy (non-hydrogen) atoms. The Morgan fingerprint density at radius 3 is 2.84 bits per heavy atom. The van der Waals surface area contributed by atoms with Crippen molar-refractivity contribution < 1.29 is 0 Å². The molecule has 0 aliphatic carbocycles. The van der Waals surface area contributed by atoms with Crippen LogP contribution in [0, 0.1) is 13.8 Å². The summed E-state index contributed by atoms with van der Waals surface area (Å²) in [6.45, 7) is 8.04. The molecule has 0 radical (unpaired) electrons. The summed E-state index contributed by atoms with van der Waals surface area (Å²) in [6.07, 6.45) is 5.55. The van der Waals surface area contributed by atoms with Crippen LogP contribution in [0.1, 0.15) is 42.4 Å². The number of hydrogen-bond donors (Lipinski definition) is 1. The Kier molecular flexibility index (Phi) is 3.90. The van der Waals surface area contributed by atoms with E-state index in [0.717, 1.165) is 12.6 Å². The van der Waals surface area contributed by atoms with Crippen molar-refractivity contribution in [3.8, 4) is 0 Å². The first kappa shape index (κ1) is 13.1. The third kappa shape index (κ3) is 2.85. The molecule has 0 bridgehead atoms. The van der Waals surface area contributed by atoms with Gasteiger partial charge in [0, 0.05) is 25.2 Å². The summed E-state index contributed by atoms with van der Waals surface area (Å²) in [5.74, 6) is 0. The number of hydrogen-bond acceptors (Lipinski definition) is 2. The second kappa shape index (κ2) is 5.64. The van der Waals surface area contributed by atoms with Crippen LogP contribution in [0.4, 0.5) is 0 Å². The van der Waals surface area contributed by atoms with Gasteiger partial charge in [-0.05, 0) is 56.3 Å². The van der Waals surface area contributed by atoms with Gasteiger partial charge in [-0.15, -0.1) is 0 Å². The van der Waals surface area contributed by atoms with Crippen molar-refractivity contribution in [2.24, 2.45) is 0 Å². The molecule has 3 rings (SSSR count). The van der Waals surface area contributed by atoms with Gasteiger partial charge in [-0.3, -0.25) is 4.90 Å². The van der Waals surface area contributed by atoms with Gasteiger partial charge in [-0.25, -0.2) is 0 Å². The van der Waals surface area contributed by atoms with Crippen molar-refractivity contribution in [1.29, 1.82) is 0 Å². The molecule has 2 atom stereocenters. The highest BCUT2D eigenvalue weighted by molar-refractivity contribution is 5.29. The first-order chi connectivity index (χ1) is 9.24. The van der Waals surface area contributed by atoms with Crippen molar-refractivity contribution in [3.63, 3.8) is 0 Å². The van der Waals surface area contributed by atoms with Crippen LogP contribution in [0.5, 0.6) is 0 Å². The Morgan fingerprint density at radius 2 is 2.00 bits per heavy atom. The second-order valence-corrected chi connectivity index (χ2v) is 6.29. The Balaban J connectivity index is 1.58. The summed E-state index contributed by atoms with van der Waals surface area (Å²) in [4.78, 5) is 2.70. The largest absolute Gasteiger partial charge is 0.308 e. The third-order valence-corrected chi connectivity index (χ3v) is 5.00. The minimum absolute atomic E-state index is 0.710. The molecule has 104 valence electrons. The molecule has 2 saturated heterocycles. The number of nitrogens with one attached hydrogen (secondary N) is 1. The van der Waals surface area contributed by atoms with Gasteiger partial charge in [-0.1, -0.05) is 24.6 Å². The van der Waals surface area contributed by atoms with Crippen molar-refractivity contribution in [2.75, 3.05) is 13.1 Å². The molecule has 0 amide bonds. The summed E-state index contributed by atoms with van der Waals surface area (Å²) in [5.41, 5.74) is 4.23. The van der Waals surface area contributed by atoms with Crippen LogP contribution in [0.25, 0.3) is 0 Å². The van der Waals surface area contributed by atoms with Gasteiger partial charge in [0.15, 0.2) is 0 Å². The number of benzene rings is 1. The number of piperidine rings is 1. The molecule has 2 unspecified atom stereocenters. The van der Waals surface area contributed by atoms with Gasteiger partial charge in [0.25, 0.3) is 0 Å². The third-order valence-electron chi connectivity index (χ3n) is 5.00. The normalized spacial score (nSPS) is 27.5. The monoisotopic (exact) mass is 258 g/mol. The van der Waals surface area contributed by atoms with E-state index >= 15 is 0 Å². The fourth-order valence-electron chi connectivity index (χ4n) is 3.65. The molecule has 1 aromatic rings. The molecule has 1 N–H and O–H groups in total. The van der Waals surface area contributed by atoms with Gasteiger partial charge in [-0.2, -0.15) is 0 Å². The zero-order valence-corrected chi connectivity index (χ0v) is 12.3. The van der Waals surface area contributed by atoms with Crippen molar-refractivity contribution >= 4 is 0 Å². The number of aryl methyl sites for hydroxylation is 2. The van der Waals surface area contributed by atoms with Gasteiger partial charge in [0.1, 0.15) is 0 Å². The quantitative estimate of drug-likeness (QED) is 0.896. The second-order valence-electron chi connectivity index (χ2n) is 6.29. The van der Waals surface area contributed by atoms with E-state index in [4.69, 9.17) is 0 Å².